The molecule has 0 aromatic carbocycles. The van der Waals surface area contributed by atoms with Gasteiger partial charge in [-0.2, -0.15) is 0 Å². The summed E-state index contributed by atoms with van der Waals surface area (Å²) in [6, 6.07) is 0. The minimum Gasteiger partial charge on any atom is -0.378 e. The highest BCUT2D eigenvalue weighted by Gasteiger charge is 2.15. The molecule has 0 saturated heterocycles. The Morgan fingerprint density at radius 1 is 1.19 bits per heavy atom. The molecule has 21 heavy (non-hydrogen) atoms. The summed E-state index contributed by atoms with van der Waals surface area (Å²) in [6.45, 7) is 9.88. The van der Waals surface area contributed by atoms with Crippen LogP contribution in [0.25, 0.3) is 0 Å². The number of hydrogen-bond donors (Lipinski definition) is 1. The van der Waals surface area contributed by atoms with E-state index < -0.39 is 0 Å². The lowest BCUT2D eigenvalue weighted by Gasteiger charge is -2.23. The Balaban J connectivity index is 2.85. The van der Waals surface area contributed by atoms with E-state index in [1.807, 2.05) is 0 Å². The van der Waals surface area contributed by atoms with Gasteiger partial charge in [0.1, 0.15) is 0 Å². The van der Waals surface area contributed by atoms with E-state index in [1.54, 1.807) is 18.4 Å². The summed E-state index contributed by atoms with van der Waals surface area (Å²) in [5.74, 6) is 0. The predicted molar refractivity (Wildman–Crippen MR) is 91.3 cm³/mol. The molecule has 0 spiro atoms. The molecule has 0 unspecified atom stereocenters. The zero-order chi connectivity index (χ0) is 15.7. The van der Waals surface area contributed by atoms with Gasteiger partial charge in [-0.3, -0.25) is 0 Å². The van der Waals surface area contributed by atoms with Crippen molar-refractivity contribution in [2.45, 2.75) is 33.4 Å². The average molecular weight is 314 g/mol. The Labute approximate surface area is 133 Å². The van der Waals surface area contributed by atoms with Gasteiger partial charge in [0, 0.05) is 38.2 Å². The van der Waals surface area contributed by atoms with Gasteiger partial charge in [-0.05, 0) is 27.1 Å². The van der Waals surface area contributed by atoms with Gasteiger partial charge in [0.05, 0.1) is 12.3 Å². The van der Waals surface area contributed by atoms with Gasteiger partial charge < -0.3 is 19.9 Å². The largest absolute Gasteiger partial charge is 0.378 e. The van der Waals surface area contributed by atoms with Crippen molar-refractivity contribution in [1.82, 2.24) is 15.2 Å². The quantitative estimate of drug-likeness (QED) is 0.678. The molecule has 0 aliphatic carbocycles. The van der Waals surface area contributed by atoms with Crippen LogP contribution in [-0.4, -0.2) is 57.3 Å². The number of thiazole rings is 1. The molecule has 6 heteroatoms. The number of rotatable bonds is 11. The van der Waals surface area contributed by atoms with Gasteiger partial charge in [0.25, 0.3) is 0 Å². The van der Waals surface area contributed by atoms with E-state index in [4.69, 9.17) is 9.72 Å². The Hall–Kier alpha value is -0.690. The molecule has 5 nitrogen and oxygen atoms in total. The standard InChI is InChI=1S/C15H30N4OS/c1-6-8-19(10-9-18(3)4)15-17-13(12-20-5)14(21-15)11-16-7-2/h16H,6-12H2,1-5H3. The first kappa shape index (κ1) is 18.4. The van der Waals surface area contributed by atoms with Crippen LogP contribution in [0.5, 0.6) is 0 Å². The summed E-state index contributed by atoms with van der Waals surface area (Å²) < 4.78 is 5.29. The van der Waals surface area contributed by atoms with Crippen LogP contribution in [0, 0.1) is 0 Å². The third-order valence-electron chi connectivity index (χ3n) is 3.16. The van der Waals surface area contributed by atoms with Crippen LogP contribution in [0.2, 0.25) is 0 Å². The summed E-state index contributed by atoms with van der Waals surface area (Å²) in [4.78, 5) is 10.7. The predicted octanol–water partition coefficient (Wildman–Crippen LogP) is 2.18. The fourth-order valence-electron chi connectivity index (χ4n) is 2.02. The highest BCUT2D eigenvalue weighted by Crippen LogP contribution is 2.27. The van der Waals surface area contributed by atoms with E-state index in [0.717, 1.165) is 50.0 Å². The van der Waals surface area contributed by atoms with Gasteiger partial charge in [-0.1, -0.05) is 13.8 Å². The number of ether oxygens (including phenoxy) is 1. The average Bonchev–Trinajstić information content (AvgIpc) is 2.84. The third-order valence-corrected chi connectivity index (χ3v) is 4.32. The molecule has 0 atom stereocenters. The van der Waals surface area contributed by atoms with E-state index in [2.05, 4.69) is 43.1 Å². The van der Waals surface area contributed by atoms with Crippen molar-refractivity contribution in [1.29, 1.82) is 0 Å². The molecule has 0 aliphatic rings. The van der Waals surface area contributed by atoms with E-state index >= 15 is 0 Å². The number of likely N-dealkylation sites (N-methyl/N-ethyl adjacent to an activating group) is 1. The van der Waals surface area contributed by atoms with E-state index in [1.165, 1.54) is 4.88 Å². The number of hydrogen-bond acceptors (Lipinski definition) is 6. The minimum absolute atomic E-state index is 0.588. The number of methoxy groups -OCH3 is 1. The van der Waals surface area contributed by atoms with E-state index in [9.17, 15) is 0 Å². The molecule has 0 aliphatic heterocycles. The van der Waals surface area contributed by atoms with Crippen molar-refractivity contribution >= 4 is 16.5 Å². The number of aromatic nitrogens is 1. The summed E-state index contributed by atoms with van der Waals surface area (Å²) >= 11 is 1.79. The molecule has 0 fully saturated rings. The van der Waals surface area contributed by atoms with Gasteiger partial charge >= 0.3 is 0 Å². The molecule has 122 valence electrons. The lowest BCUT2D eigenvalue weighted by atomic mass is 10.3. The normalized spacial score (nSPS) is 11.3. The fraction of sp³-hybridized carbons (Fsp3) is 0.800. The van der Waals surface area contributed by atoms with Crippen LogP contribution in [0.1, 0.15) is 30.8 Å². The molecule has 0 amide bonds. The summed E-state index contributed by atoms with van der Waals surface area (Å²) in [5.41, 5.74) is 1.07. The van der Waals surface area contributed by atoms with Crippen LogP contribution in [0.4, 0.5) is 5.13 Å². The van der Waals surface area contributed by atoms with Crippen LogP contribution in [-0.2, 0) is 17.9 Å². The molecular formula is C15H30N4OS. The van der Waals surface area contributed by atoms with Gasteiger partial charge in [-0.25, -0.2) is 4.98 Å². The maximum atomic E-state index is 5.29. The van der Waals surface area contributed by atoms with Crippen LogP contribution >= 0.6 is 11.3 Å². The zero-order valence-corrected chi connectivity index (χ0v) is 14.9. The Bertz CT molecular complexity index is 395. The van der Waals surface area contributed by atoms with Gasteiger partial charge in [-0.15, -0.1) is 11.3 Å². The molecule has 0 bridgehead atoms. The number of anilines is 1. The van der Waals surface area contributed by atoms with E-state index in [-0.39, 0.29) is 0 Å². The molecule has 1 aromatic rings. The van der Waals surface area contributed by atoms with Crippen molar-refractivity contribution in [2.24, 2.45) is 0 Å². The van der Waals surface area contributed by atoms with Gasteiger partial charge in [0.2, 0.25) is 0 Å². The van der Waals surface area contributed by atoms with Crippen molar-refractivity contribution in [2.75, 3.05) is 52.3 Å². The Morgan fingerprint density at radius 2 is 1.95 bits per heavy atom. The fourth-order valence-corrected chi connectivity index (χ4v) is 3.11. The van der Waals surface area contributed by atoms with E-state index in [0.29, 0.717) is 6.61 Å². The second kappa shape index (κ2) is 10.1. The zero-order valence-electron chi connectivity index (χ0n) is 14.1. The molecule has 0 saturated carbocycles. The topological polar surface area (TPSA) is 40.6 Å². The number of nitrogens with one attached hydrogen (secondary N) is 1. The first-order chi connectivity index (χ1) is 10.1. The smallest absolute Gasteiger partial charge is 0.185 e. The number of nitrogens with zero attached hydrogens (tertiary/aromatic N) is 3. The summed E-state index contributed by atoms with van der Waals surface area (Å²) in [7, 11) is 5.95. The molecule has 1 rings (SSSR count). The molecule has 1 N–H and O–H groups in total. The molecule has 1 aromatic heterocycles. The Kier molecular flexibility index (Phi) is 8.84. The molecule has 0 radical (unpaired) electrons. The highest BCUT2D eigenvalue weighted by atomic mass is 32.1. The minimum atomic E-state index is 0.588. The van der Waals surface area contributed by atoms with Crippen molar-refractivity contribution < 1.29 is 4.74 Å². The highest BCUT2D eigenvalue weighted by molar-refractivity contribution is 7.15. The third kappa shape index (κ3) is 6.30. The monoisotopic (exact) mass is 314 g/mol. The Morgan fingerprint density at radius 3 is 2.52 bits per heavy atom. The maximum Gasteiger partial charge on any atom is 0.185 e. The second-order valence-corrected chi connectivity index (χ2v) is 6.43. The lowest BCUT2D eigenvalue weighted by molar-refractivity contribution is 0.181. The van der Waals surface area contributed by atoms with Crippen LogP contribution in [0.3, 0.4) is 0 Å². The van der Waals surface area contributed by atoms with Crippen molar-refractivity contribution in [3.63, 3.8) is 0 Å². The maximum absolute atomic E-state index is 5.29. The molecular weight excluding hydrogens is 284 g/mol. The first-order valence-corrected chi connectivity index (χ1v) is 8.51. The van der Waals surface area contributed by atoms with Crippen LogP contribution < -0.4 is 10.2 Å². The lowest BCUT2D eigenvalue weighted by Crippen LogP contribution is -2.32. The van der Waals surface area contributed by atoms with Crippen molar-refractivity contribution in [3.05, 3.63) is 10.6 Å². The summed E-state index contributed by atoms with van der Waals surface area (Å²) in [5, 5.41) is 4.51. The van der Waals surface area contributed by atoms with Crippen LogP contribution in [0.15, 0.2) is 0 Å². The first-order valence-electron chi connectivity index (χ1n) is 7.70. The second-order valence-electron chi connectivity index (χ2n) is 5.37. The molecule has 1 heterocycles. The summed E-state index contributed by atoms with van der Waals surface area (Å²) in [6.07, 6.45) is 1.13. The van der Waals surface area contributed by atoms with Gasteiger partial charge in [0.15, 0.2) is 5.13 Å². The SMILES string of the molecule is CCCN(CCN(C)C)c1nc(COC)c(CNCC)s1. The van der Waals surface area contributed by atoms with Crippen molar-refractivity contribution in [3.8, 4) is 0 Å².